The van der Waals surface area contributed by atoms with Crippen LogP contribution in [0, 0.1) is 0 Å². The van der Waals surface area contributed by atoms with Crippen molar-refractivity contribution in [2.75, 3.05) is 18.9 Å². The number of para-hydroxylation sites is 4. The van der Waals surface area contributed by atoms with E-state index in [9.17, 15) is 17.4 Å². The van der Waals surface area contributed by atoms with Crippen LogP contribution in [0.2, 0.25) is 0 Å². The highest BCUT2D eigenvalue weighted by Crippen LogP contribution is 2.28. The Bertz CT molecular complexity index is 1490. The Morgan fingerprint density at radius 2 is 0.684 bits per heavy atom. The first-order chi connectivity index (χ1) is 27.8. The lowest BCUT2D eigenvalue weighted by Crippen LogP contribution is -2.12. The van der Waals surface area contributed by atoms with E-state index in [1.54, 1.807) is 24.3 Å². The van der Waals surface area contributed by atoms with E-state index < -0.39 is 21.4 Å². The van der Waals surface area contributed by atoms with E-state index >= 15 is 0 Å². The van der Waals surface area contributed by atoms with Crippen molar-refractivity contribution in [3.63, 3.8) is 0 Å². The zero-order chi connectivity index (χ0) is 44.8. The molecule has 8 rings (SSSR count). The van der Waals surface area contributed by atoms with Crippen molar-refractivity contribution >= 4 is 67.0 Å². The minimum absolute atomic E-state index is 0.348. The van der Waals surface area contributed by atoms with Crippen LogP contribution in [0.3, 0.4) is 0 Å². The molecule has 322 valence electrons. The average Bonchev–Trinajstić information content (AvgIpc) is 4.05. The van der Waals surface area contributed by atoms with Gasteiger partial charge in [0.2, 0.25) is 11.2 Å². The lowest BCUT2D eigenvalue weighted by molar-refractivity contribution is -0.117. The van der Waals surface area contributed by atoms with E-state index in [0.29, 0.717) is 30.0 Å². The predicted molar refractivity (Wildman–Crippen MR) is 261 cm³/mol. The largest absolute Gasteiger partial charge is 0.321 e. The molecule has 4 N–H and O–H groups in total. The minimum atomic E-state index is -3.31. The van der Waals surface area contributed by atoms with Crippen molar-refractivity contribution in [2.45, 2.75) is 136 Å². The van der Waals surface area contributed by atoms with E-state index in [1.165, 1.54) is 27.1 Å². The average molecular weight is 845 g/mol. The number of anilines is 4. The first-order valence-corrected chi connectivity index (χ1v) is 23.9. The molecule has 8 nitrogen and oxygen atoms in total. The third-order valence-electron chi connectivity index (χ3n) is 6.54. The van der Waals surface area contributed by atoms with Gasteiger partial charge in [-0.15, -0.1) is 0 Å². The second-order valence-corrected chi connectivity index (χ2v) is 12.5. The number of nitrogens with one attached hydrogen (secondary N) is 4. The first kappa shape index (κ1) is 59.6. The number of hydrogen-bond acceptors (Lipinski definition) is 5. The number of ketones is 1. The smallest absolute Gasteiger partial charge is 0.299 e. The number of benzene rings is 4. The quantitative estimate of drug-likeness (QED) is 0.132. The van der Waals surface area contributed by atoms with Crippen molar-refractivity contribution in [2.24, 2.45) is 0 Å². The molecule has 11 heteroatoms. The maximum absolute atomic E-state index is 10.9. The second-order valence-electron chi connectivity index (χ2n) is 9.59. The molecule has 0 aromatic heterocycles. The van der Waals surface area contributed by atoms with Gasteiger partial charge < -0.3 is 0 Å². The van der Waals surface area contributed by atoms with Gasteiger partial charge in [-0.25, -0.2) is 4.21 Å². The van der Waals surface area contributed by atoms with Crippen LogP contribution in [0.15, 0.2) is 97.1 Å². The molecule has 4 aromatic carbocycles. The summed E-state index contributed by atoms with van der Waals surface area (Å²) in [5.74, 6) is 0.348. The summed E-state index contributed by atoms with van der Waals surface area (Å²) >= 11 is 4.00. The molecule has 4 aliphatic rings. The molecule has 2 heterocycles. The Morgan fingerprint density at radius 3 is 0.982 bits per heavy atom. The number of hydrogen-bond donors (Lipinski definition) is 4. The zero-order valence-electron chi connectivity index (χ0n) is 37.9. The van der Waals surface area contributed by atoms with Gasteiger partial charge in [0.25, 0.3) is 0 Å². The summed E-state index contributed by atoms with van der Waals surface area (Å²) in [6.45, 7) is 32.0. The van der Waals surface area contributed by atoms with Crippen LogP contribution in [0.4, 0.5) is 22.7 Å². The number of carbonyl (C=O) groups excluding carboxylic acids is 1. The molecule has 4 aromatic rings. The van der Waals surface area contributed by atoms with Gasteiger partial charge in [0.15, 0.2) is 0 Å². The monoisotopic (exact) mass is 845 g/mol. The van der Waals surface area contributed by atoms with E-state index in [2.05, 4.69) is 43.2 Å². The highest BCUT2D eigenvalue weighted by molar-refractivity contribution is 7.94. The third kappa shape index (κ3) is 23.7. The van der Waals surface area contributed by atoms with Crippen LogP contribution < -0.4 is 18.9 Å². The zero-order valence-corrected chi connectivity index (χ0v) is 40.4. The van der Waals surface area contributed by atoms with Crippen LogP contribution in [0.25, 0.3) is 0 Å². The summed E-state index contributed by atoms with van der Waals surface area (Å²) in [5.41, 5.74) is 8.29. The van der Waals surface area contributed by atoms with Crippen LogP contribution in [-0.2, 0) is 51.9 Å². The fraction of sp³-hybridized carbons (Fsp3) is 0.435. The van der Waals surface area contributed by atoms with Gasteiger partial charge in [-0.05, 0) is 46.5 Å². The summed E-state index contributed by atoms with van der Waals surface area (Å²) < 4.78 is 42.7. The summed E-state index contributed by atoms with van der Waals surface area (Å²) in [5, 5.41) is 0. The van der Waals surface area contributed by atoms with Crippen LogP contribution in [-0.4, -0.2) is 23.3 Å². The van der Waals surface area contributed by atoms with E-state index in [1.807, 2.05) is 159 Å². The highest BCUT2D eigenvalue weighted by atomic mass is 32.2. The summed E-state index contributed by atoms with van der Waals surface area (Å²) in [6, 6.07) is 31.0. The van der Waals surface area contributed by atoms with Gasteiger partial charge in [0, 0.05) is 30.5 Å². The molecular weight excluding hydrogens is 769 g/mol. The van der Waals surface area contributed by atoms with Crippen molar-refractivity contribution in [3.05, 3.63) is 119 Å². The molecule has 0 atom stereocenters. The third-order valence-corrected chi connectivity index (χ3v) is 8.61. The Kier molecular flexibility index (Phi) is 40.6. The second kappa shape index (κ2) is 38.8. The number of Topliss-reactive ketones (excluding diaryl/α,β-unsaturated/α-hetero) is 1. The van der Waals surface area contributed by atoms with Gasteiger partial charge >= 0.3 is 10.2 Å². The molecule has 2 aliphatic carbocycles. The maximum atomic E-state index is 10.9. The standard InChI is InChI=1S/C9H8O.C9H8S.C6H6N2O2S.C6H6N2OS.8C2H6/c2*10-9-5-7-3-1-2-4-8(7)6-9;9-11(10)7-5-3-1-2-4-6(5)8-11;9-10-7-5-3-1-2-4-6(5)8-10;8*1-2/h2*1-4H,5-6H2;1-4,7-8H;1-4,7-8H;8*1-2H3. The molecule has 0 amide bonds. The number of fused-ring (bicyclic) bond motifs is 4. The molecular formula is C46H76N4O4S3. The highest BCUT2D eigenvalue weighted by Gasteiger charge is 2.20. The van der Waals surface area contributed by atoms with E-state index in [0.717, 1.165) is 24.2 Å². The van der Waals surface area contributed by atoms with E-state index in [4.69, 9.17) is 12.2 Å². The van der Waals surface area contributed by atoms with E-state index in [-0.39, 0.29) is 0 Å². The summed E-state index contributed by atoms with van der Waals surface area (Å²) in [6.07, 6.45) is 3.34. The van der Waals surface area contributed by atoms with Crippen molar-refractivity contribution in [1.82, 2.24) is 0 Å². The molecule has 0 fully saturated rings. The molecule has 0 saturated carbocycles. The van der Waals surface area contributed by atoms with Crippen molar-refractivity contribution < 1.29 is 17.4 Å². The minimum Gasteiger partial charge on any atom is -0.299 e. The predicted octanol–water partition coefficient (Wildman–Crippen LogP) is 13.6. The Balaban J connectivity index is -0.000000294. The van der Waals surface area contributed by atoms with Gasteiger partial charge in [-0.1, -0.05) is 196 Å². The van der Waals surface area contributed by atoms with Crippen LogP contribution in [0.1, 0.15) is 133 Å². The summed E-state index contributed by atoms with van der Waals surface area (Å²) in [4.78, 5) is 12.1. The molecule has 57 heavy (non-hydrogen) atoms. The summed E-state index contributed by atoms with van der Waals surface area (Å²) in [7, 11) is -3.31. The van der Waals surface area contributed by atoms with Gasteiger partial charge in [-0.2, -0.15) is 8.42 Å². The fourth-order valence-corrected chi connectivity index (χ4v) is 6.75. The van der Waals surface area contributed by atoms with Gasteiger partial charge in [0.05, 0.1) is 22.7 Å². The van der Waals surface area contributed by atoms with Gasteiger partial charge in [0.1, 0.15) is 5.78 Å². The Hall–Kier alpha value is -4.06. The lowest BCUT2D eigenvalue weighted by atomic mass is 10.1. The first-order valence-electron chi connectivity index (χ1n) is 20.9. The fourth-order valence-electron chi connectivity index (χ4n) is 4.64. The number of carbonyl (C=O) groups is 1. The van der Waals surface area contributed by atoms with Crippen LogP contribution >= 0.6 is 12.2 Å². The van der Waals surface area contributed by atoms with Crippen molar-refractivity contribution in [1.29, 1.82) is 0 Å². The normalized spacial score (nSPS) is 12.5. The van der Waals surface area contributed by atoms with Crippen LogP contribution in [0.5, 0.6) is 0 Å². The Morgan fingerprint density at radius 1 is 0.439 bits per heavy atom. The molecule has 2 aliphatic heterocycles. The lowest BCUT2D eigenvalue weighted by Gasteiger charge is -1.92. The molecule has 0 radical (unpaired) electrons. The topological polar surface area (TPSA) is 116 Å². The molecule has 0 bridgehead atoms. The van der Waals surface area contributed by atoms with Crippen molar-refractivity contribution in [3.8, 4) is 0 Å². The molecule has 0 saturated heterocycles. The molecule has 0 spiro atoms. The number of rotatable bonds is 0. The number of thiocarbonyl (C=S) groups is 1. The Labute approximate surface area is 357 Å². The SMILES string of the molecule is CC.CC.CC.CC.CC.CC.CC.CC.O=C1Cc2ccccc2C1.O=S1(=O)Nc2ccccc2N1.O=S1Nc2ccccc2N1.S=C1Cc2ccccc2C1. The maximum Gasteiger partial charge on any atom is 0.321 e. The molecule has 0 unspecified atom stereocenters. The van der Waals surface area contributed by atoms with Gasteiger partial charge in [-0.3, -0.25) is 23.7 Å².